The smallest absolute Gasteiger partial charge is 0.379 e. The summed E-state index contributed by atoms with van der Waals surface area (Å²) in [6.07, 6.45) is -0.759. The number of morpholine rings is 1. The third kappa shape index (κ3) is 5.55. The van der Waals surface area contributed by atoms with Gasteiger partial charge in [0.05, 0.1) is 25.0 Å². The second kappa shape index (κ2) is 9.54. The first kappa shape index (κ1) is 22.0. The molecule has 31 heavy (non-hydrogen) atoms. The van der Waals surface area contributed by atoms with E-state index in [0.29, 0.717) is 16.5 Å². The average Bonchev–Trinajstić information content (AvgIpc) is 3.28. The molecule has 0 bridgehead atoms. The second-order valence-electron chi connectivity index (χ2n) is 7.75. The highest BCUT2D eigenvalue weighted by molar-refractivity contribution is 7.17. The molecule has 1 aromatic carbocycles. The van der Waals surface area contributed by atoms with E-state index in [1.807, 2.05) is 0 Å². The molecule has 6 nitrogen and oxygen atoms in total. The molecule has 1 N–H and O–H groups in total. The van der Waals surface area contributed by atoms with Gasteiger partial charge in [-0.15, -0.1) is 0 Å². The summed E-state index contributed by atoms with van der Waals surface area (Å²) in [5.74, 6) is -0.329. The standard InChI is InChI=1S/C21H25F3N4O2S/c22-21(23,24)16-3-1-2-15(12-16)13-25-19(29)18-14-26-20(31-18)28-6-4-17(5-7-28)27-8-10-30-11-9-27/h1-3,12,14,17H,4-11,13H2,(H,25,29). The quantitative estimate of drug-likeness (QED) is 0.751. The monoisotopic (exact) mass is 454 g/mol. The van der Waals surface area contributed by atoms with Gasteiger partial charge in [-0.1, -0.05) is 23.5 Å². The number of ether oxygens (including phenoxy) is 1. The van der Waals surface area contributed by atoms with Gasteiger partial charge in [-0.25, -0.2) is 4.98 Å². The van der Waals surface area contributed by atoms with Gasteiger partial charge in [0.1, 0.15) is 4.88 Å². The number of rotatable bonds is 5. The Labute approximate surface area is 183 Å². The van der Waals surface area contributed by atoms with Crippen molar-refractivity contribution in [2.45, 2.75) is 31.6 Å². The fourth-order valence-corrected chi connectivity index (χ4v) is 4.89. The number of anilines is 1. The molecule has 10 heteroatoms. The van der Waals surface area contributed by atoms with Crippen LogP contribution in [0.25, 0.3) is 0 Å². The number of benzene rings is 1. The zero-order valence-corrected chi connectivity index (χ0v) is 17.8. The van der Waals surface area contributed by atoms with Crippen LogP contribution in [0.3, 0.4) is 0 Å². The summed E-state index contributed by atoms with van der Waals surface area (Å²) in [7, 11) is 0. The Morgan fingerprint density at radius 2 is 1.94 bits per heavy atom. The van der Waals surface area contributed by atoms with Crippen LogP contribution in [0.2, 0.25) is 0 Å². The summed E-state index contributed by atoms with van der Waals surface area (Å²) in [6.45, 7) is 5.37. The summed E-state index contributed by atoms with van der Waals surface area (Å²) >= 11 is 1.32. The molecular weight excluding hydrogens is 429 g/mol. The van der Waals surface area contributed by atoms with E-state index in [4.69, 9.17) is 4.74 Å². The zero-order valence-electron chi connectivity index (χ0n) is 17.0. The lowest BCUT2D eigenvalue weighted by Gasteiger charge is -2.40. The maximum Gasteiger partial charge on any atom is 0.416 e. The molecule has 0 unspecified atom stereocenters. The van der Waals surface area contributed by atoms with Crippen molar-refractivity contribution in [1.82, 2.24) is 15.2 Å². The molecule has 0 spiro atoms. The predicted octanol–water partition coefficient (Wildman–Crippen LogP) is 3.39. The van der Waals surface area contributed by atoms with Gasteiger partial charge in [0, 0.05) is 38.8 Å². The fourth-order valence-electron chi connectivity index (χ4n) is 4.01. The third-order valence-electron chi connectivity index (χ3n) is 5.72. The van der Waals surface area contributed by atoms with Gasteiger partial charge in [0.15, 0.2) is 5.13 Å². The molecule has 1 aromatic heterocycles. The summed E-state index contributed by atoms with van der Waals surface area (Å²) in [4.78, 5) is 22.0. The van der Waals surface area contributed by atoms with E-state index in [-0.39, 0.29) is 12.5 Å². The van der Waals surface area contributed by atoms with Crippen molar-refractivity contribution >= 4 is 22.4 Å². The number of amides is 1. The normalized spacial score (nSPS) is 18.9. The van der Waals surface area contributed by atoms with Crippen LogP contribution in [-0.4, -0.2) is 61.2 Å². The van der Waals surface area contributed by atoms with Crippen LogP contribution in [0.4, 0.5) is 18.3 Å². The maximum atomic E-state index is 12.8. The SMILES string of the molecule is O=C(NCc1cccc(C(F)(F)F)c1)c1cnc(N2CCC(N3CCOCC3)CC2)s1. The van der Waals surface area contributed by atoms with Crippen molar-refractivity contribution in [2.24, 2.45) is 0 Å². The number of carbonyl (C=O) groups excluding carboxylic acids is 1. The molecule has 0 radical (unpaired) electrons. The number of aromatic nitrogens is 1. The second-order valence-corrected chi connectivity index (χ2v) is 8.76. The van der Waals surface area contributed by atoms with Crippen molar-refractivity contribution in [1.29, 1.82) is 0 Å². The van der Waals surface area contributed by atoms with E-state index in [2.05, 4.69) is 20.1 Å². The minimum absolute atomic E-state index is 0.0287. The largest absolute Gasteiger partial charge is 0.416 e. The van der Waals surface area contributed by atoms with Crippen molar-refractivity contribution in [3.63, 3.8) is 0 Å². The van der Waals surface area contributed by atoms with Crippen LogP contribution in [0.15, 0.2) is 30.5 Å². The Balaban J connectivity index is 1.29. The Morgan fingerprint density at radius 3 is 2.65 bits per heavy atom. The van der Waals surface area contributed by atoms with E-state index in [1.165, 1.54) is 23.6 Å². The van der Waals surface area contributed by atoms with Crippen LogP contribution in [0, 0.1) is 0 Å². The van der Waals surface area contributed by atoms with Crippen molar-refractivity contribution in [3.05, 3.63) is 46.5 Å². The highest BCUT2D eigenvalue weighted by Gasteiger charge is 2.30. The van der Waals surface area contributed by atoms with Crippen molar-refractivity contribution in [3.8, 4) is 0 Å². The van der Waals surface area contributed by atoms with Crippen molar-refractivity contribution < 1.29 is 22.7 Å². The number of hydrogen-bond acceptors (Lipinski definition) is 6. The predicted molar refractivity (Wildman–Crippen MR) is 112 cm³/mol. The lowest BCUT2D eigenvalue weighted by atomic mass is 10.0. The van der Waals surface area contributed by atoms with Crippen LogP contribution in [0.5, 0.6) is 0 Å². The molecule has 0 saturated carbocycles. The van der Waals surface area contributed by atoms with E-state index in [0.717, 1.165) is 69.5 Å². The Hall–Kier alpha value is -2.17. The van der Waals surface area contributed by atoms with Crippen LogP contribution in [0.1, 0.15) is 33.6 Å². The minimum Gasteiger partial charge on any atom is -0.379 e. The Kier molecular flexibility index (Phi) is 6.78. The molecule has 2 aliphatic rings. The summed E-state index contributed by atoms with van der Waals surface area (Å²) in [5, 5.41) is 3.50. The average molecular weight is 455 g/mol. The van der Waals surface area contributed by atoms with Crippen LogP contribution >= 0.6 is 11.3 Å². The number of alkyl halides is 3. The molecule has 2 fully saturated rings. The molecule has 0 aliphatic carbocycles. The first-order chi connectivity index (χ1) is 14.9. The van der Waals surface area contributed by atoms with Gasteiger partial charge in [-0.05, 0) is 30.5 Å². The lowest BCUT2D eigenvalue weighted by molar-refractivity contribution is -0.137. The van der Waals surface area contributed by atoms with E-state index >= 15 is 0 Å². The first-order valence-corrected chi connectivity index (χ1v) is 11.2. The molecule has 1 amide bonds. The van der Waals surface area contributed by atoms with Crippen LogP contribution in [-0.2, 0) is 17.5 Å². The van der Waals surface area contributed by atoms with Gasteiger partial charge < -0.3 is 15.0 Å². The van der Waals surface area contributed by atoms with Gasteiger partial charge in [-0.2, -0.15) is 13.2 Å². The molecule has 2 aromatic rings. The first-order valence-electron chi connectivity index (χ1n) is 10.4. The molecule has 3 heterocycles. The summed E-state index contributed by atoms with van der Waals surface area (Å²) < 4.78 is 43.9. The highest BCUT2D eigenvalue weighted by Crippen LogP contribution is 2.30. The maximum absolute atomic E-state index is 12.8. The number of halogens is 3. The molecular formula is C21H25F3N4O2S. The highest BCUT2D eigenvalue weighted by atomic mass is 32.1. The number of nitrogens with zero attached hydrogens (tertiary/aromatic N) is 3. The summed E-state index contributed by atoms with van der Waals surface area (Å²) in [6, 6.07) is 5.54. The summed E-state index contributed by atoms with van der Waals surface area (Å²) in [5.41, 5.74) is -0.321. The number of carbonyl (C=O) groups is 1. The Morgan fingerprint density at radius 1 is 1.19 bits per heavy atom. The molecule has 168 valence electrons. The van der Waals surface area contributed by atoms with E-state index in [1.54, 1.807) is 6.07 Å². The van der Waals surface area contributed by atoms with Gasteiger partial charge in [0.25, 0.3) is 5.91 Å². The molecule has 4 rings (SSSR count). The minimum atomic E-state index is -4.40. The Bertz CT molecular complexity index is 891. The fraction of sp³-hybridized carbons (Fsp3) is 0.524. The van der Waals surface area contributed by atoms with Gasteiger partial charge in [-0.3, -0.25) is 9.69 Å². The van der Waals surface area contributed by atoms with Crippen molar-refractivity contribution in [2.75, 3.05) is 44.3 Å². The molecule has 0 atom stereocenters. The number of hydrogen-bond donors (Lipinski definition) is 1. The lowest BCUT2D eigenvalue weighted by Crippen LogP contribution is -2.49. The molecule has 2 aliphatic heterocycles. The number of nitrogens with one attached hydrogen (secondary N) is 1. The van der Waals surface area contributed by atoms with Gasteiger partial charge >= 0.3 is 6.18 Å². The zero-order chi connectivity index (χ0) is 21.8. The topological polar surface area (TPSA) is 57.7 Å². The third-order valence-corrected chi connectivity index (χ3v) is 6.78. The van der Waals surface area contributed by atoms with Gasteiger partial charge in [0.2, 0.25) is 0 Å². The molecule has 2 saturated heterocycles. The number of thiazole rings is 1. The van der Waals surface area contributed by atoms with E-state index in [9.17, 15) is 18.0 Å². The number of piperidine rings is 1. The van der Waals surface area contributed by atoms with Crippen LogP contribution < -0.4 is 10.2 Å². The van der Waals surface area contributed by atoms with E-state index < -0.39 is 11.7 Å².